The molecule has 0 amide bonds. The Morgan fingerprint density at radius 1 is 1.39 bits per heavy atom. The summed E-state index contributed by atoms with van der Waals surface area (Å²) in [4.78, 5) is 6.91. The van der Waals surface area contributed by atoms with Crippen LogP contribution in [-0.4, -0.2) is 37.3 Å². The van der Waals surface area contributed by atoms with Gasteiger partial charge < -0.3 is 15.4 Å². The molecule has 0 aromatic carbocycles. The van der Waals surface area contributed by atoms with Crippen LogP contribution in [0.4, 0.5) is 5.82 Å². The molecule has 100 valence electrons. The topological polar surface area (TPSA) is 51.4 Å². The lowest BCUT2D eigenvalue weighted by Crippen LogP contribution is -2.37. The summed E-state index contributed by atoms with van der Waals surface area (Å²) in [5.41, 5.74) is 6.54. The molecule has 0 unspecified atom stereocenters. The van der Waals surface area contributed by atoms with Gasteiger partial charge in [-0.25, -0.2) is 4.98 Å². The Morgan fingerprint density at radius 2 is 2.17 bits per heavy atom. The van der Waals surface area contributed by atoms with E-state index >= 15 is 0 Å². The van der Waals surface area contributed by atoms with Gasteiger partial charge in [0, 0.05) is 25.4 Å². The van der Waals surface area contributed by atoms with Crippen LogP contribution in [0.3, 0.4) is 0 Å². The maximum absolute atomic E-state index is 5.80. The predicted molar refractivity (Wildman–Crippen MR) is 73.8 cm³/mol. The first-order chi connectivity index (χ1) is 8.79. The molecule has 1 aliphatic rings. The summed E-state index contributed by atoms with van der Waals surface area (Å²) in [6.07, 6.45) is 3.53. The van der Waals surface area contributed by atoms with Crippen molar-refractivity contribution in [2.75, 3.05) is 31.1 Å². The van der Waals surface area contributed by atoms with Crippen molar-refractivity contribution < 1.29 is 4.74 Å². The van der Waals surface area contributed by atoms with Crippen molar-refractivity contribution in [3.05, 3.63) is 23.9 Å². The van der Waals surface area contributed by atoms with Crippen molar-refractivity contribution in [3.63, 3.8) is 0 Å². The lowest BCUT2D eigenvalue weighted by molar-refractivity contribution is 0.0365. The fourth-order valence-corrected chi connectivity index (χ4v) is 2.29. The van der Waals surface area contributed by atoms with Gasteiger partial charge in [0.05, 0.1) is 6.10 Å². The van der Waals surface area contributed by atoms with Gasteiger partial charge in [0.2, 0.25) is 0 Å². The normalized spacial score (nSPS) is 17.1. The molecule has 1 aromatic heterocycles. The second kappa shape index (κ2) is 6.71. The molecule has 0 spiro atoms. The van der Waals surface area contributed by atoms with Gasteiger partial charge in [-0.1, -0.05) is 6.07 Å². The first kappa shape index (κ1) is 13.3. The molecule has 1 aromatic rings. The van der Waals surface area contributed by atoms with E-state index in [1.54, 1.807) is 0 Å². The number of aryl methyl sites for hydroxylation is 1. The molecule has 0 saturated carbocycles. The van der Waals surface area contributed by atoms with Crippen LogP contribution in [0.2, 0.25) is 0 Å². The molecule has 18 heavy (non-hydrogen) atoms. The van der Waals surface area contributed by atoms with E-state index in [1.165, 1.54) is 0 Å². The first-order valence-corrected chi connectivity index (χ1v) is 6.80. The molecular formula is C14H23N3O. The number of nitrogens with zero attached hydrogens (tertiary/aromatic N) is 2. The van der Waals surface area contributed by atoms with E-state index in [9.17, 15) is 0 Å². The van der Waals surface area contributed by atoms with E-state index in [0.29, 0.717) is 12.6 Å². The number of nitrogens with two attached hydrogens (primary N) is 1. The third-order valence-electron chi connectivity index (χ3n) is 3.34. The third kappa shape index (κ3) is 3.68. The van der Waals surface area contributed by atoms with Gasteiger partial charge >= 0.3 is 0 Å². The molecule has 4 nitrogen and oxygen atoms in total. The van der Waals surface area contributed by atoms with Crippen LogP contribution in [0.1, 0.15) is 25.0 Å². The zero-order chi connectivity index (χ0) is 12.8. The molecule has 0 aliphatic carbocycles. The van der Waals surface area contributed by atoms with Crippen molar-refractivity contribution in [1.29, 1.82) is 0 Å². The zero-order valence-corrected chi connectivity index (χ0v) is 11.1. The van der Waals surface area contributed by atoms with Crippen molar-refractivity contribution in [2.24, 2.45) is 5.73 Å². The fraction of sp³-hybridized carbons (Fsp3) is 0.643. The monoisotopic (exact) mass is 249 g/mol. The standard InChI is InChI=1S/C14H23N3O/c1-12-4-2-5-14(16-12)17-9-6-13(7-10-17)18-11-3-8-15/h2,4-5,13H,3,6-11,15H2,1H3. The summed E-state index contributed by atoms with van der Waals surface area (Å²) < 4.78 is 5.80. The lowest BCUT2D eigenvalue weighted by atomic mass is 10.1. The number of pyridine rings is 1. The highest BCUT2D eigenvalue weighted by molar-refractivity contribution is 5.39. The molecule has 1 aliphatic heterocycles. The van der Waals surface area contributed by atoms with Gasteiger partial charge in [0.15, 0.2) is 0 Å². The van der Waals surface area contributed by atoms with Crippen LogP contribution in [-0.2, 0) is 4.74 Å². The summed E-state index contributed by atoms with van der Waals surface area (Å²) >= 11 is 0. The molecule has 2 rings (SSSR count). The molecule has 4 heteroatoms. The molecule has 2 heterocycles. The summed E-state index contributed by atoms with van der Waals surface area (Å²) in [6, 6.07) is 6.19. The number of ether oxygens (including phenoxy) is 1. The van der Waals surface area contributed by atoms with Crippen molar-refractivity contribution in [3.8, 4) is 0 Å². The highest BCUT2D eigenvalue weighted by Crippen LogP contribution is 2.19. The molecule has 1 saturated heterocycles. The maximum Gasteiger partial charge on any atom is 0.128 e. The Morgan fingerprint density at radius 3 is 2.83 bits per heavy atom. The SMILES string of the molecule is Cc1cccc(N2CCC(OCCCN)CC2)n1. The number of rotatable bonds is 5. The Labute approximate surface area is 109 Å². The number of anilines is 1. The van der Waals surface area contributed by atoms with E-state index in [0.717, 1.165) is 50.5 Å². The summed E-state index contributed by atoms with van der Waals surface area (Å²) in [7, 11) is 0. The minimum absolute atomic E-state index is 0.401. The minimum Gasteiger partial charge on any atom is -0.378 e. The second-order valence-electron chi connectivity index (χ2n) is 4.84. The number of hydrogen-bond acceptors (Lipinski definition) is 4. The van der Waals surface area contributed by atoms with Gasteiger partial charge in [-0.2, -0.15) is 0 Å². The molecule has 0 radical (unpaired) electrons. The average Bonchev–Trinajstić information content (AvgIpc) is 2.40. The van der Waals surface area contributed by atoms with Gasteiger partial charge in [-0.3, -0.25) is 0 Å². The van der Waals surface area contributed by atoms with Gasteiger partial charge in [-0.05, 0) is 44.9 Å². The van der Waals surface area contributed by atoms with Crippen LogP contribution in [0, 0.1) is 6.92 Å². The maximum atomic E-state index is 5.80. The average molecular weight is 249 g/mol. The quantitative estimate of drug-likeness (QED) is 0.807. The summed E-state index contributed by atoms with van der Waals surface area (Å²) in [5.74, 6) is 1.09. The molecule has 0 atom stereocenters. The summed E-state index contributed by atoms with van der Waals surface area (Å²) in [6.45, 7) is 5.61. The van der Waals surface area contributed by atoms with Crippen LogP contribution in [0.25, 0.3) is 0 Å². The summed E-state index contributed by atoms with van der Waals surface area (Å²) in [5, 5.41) is 0. The van der Waals surface area contributed by atoms with Gasteiger partial charge in [-0.15, -0.1) is 0 Å². The zero-order valence-electron chi connectivity index (χ0n) is 11.1. The van der Waals surface area contributed by atoms with E-state index < -0.39 is 0 Å². The molecule has 1 fully saturated rings. The fourth-order valence-electron chi connectivity index (χ4n) is 2.29. The largest absolute Gasteiger partial charge is 0.378 e. The predicted octanol–water partition coefficient (Wildman–Crippen LogP) is 1.72. The highest BCUT2D eigenvalue weighted by atomic mass is 16.5. The van der Waals surface area contributed by atoms with Crippen LogP contribution < -0.4 is 10.6 Å². The van der Waals surface area contributed by atoms with Crippen LogP contribution in [0.5, 0.6) is 0 Å². The third-order valence-corrected chi connectivity index (χ3v) is 3.34. The van der Waals surface area contributed by atoms with E-state index in [4.69, 9.17) is 10.5 Å². The Bertz CT molecular complexity index is 362. The number of piperidine rings is 1. The van der Waals surface area contributed by atoms with E-state index in [1.807, 2.05) is 13.0 Å². The minimum atomic E-state index is 0.401. The lowest BCUT2D eigenvalue weighted by Gasteiger charge is -2.32. The van der Waals surface area contributed by atoms with Crippen molar-refractivity contribution in [1.82, 2.24) is 4.98 Å². The molecular weight excluding hydrogens is 226 g/mol. The first-order valence-electron chi connectivity index (χ1n) is 6.80. The Hall–Kier alpha value is -1.13. The van der Waals surface area contributed by atoms with E-state index in [-0.39, 0.29) is 0 Å². The Kier molecular flexibility index (Phi) is 4.96. The van der Waals surface area contributed by atoms with Gasteiger partial charge in [0.25, 0.3) is 0 Å². The smallest absolute Gasteiger partial charge is 0.128 e. The number of aromatic nitrogens is 1. The molecule has 2 N–H and O–H groups in total. The highest BCUT2D eigenvalue weighted by Gasteiger charge is 2.20. The van der Waals surface area contributed by atoms with E-state index in [2.05, 4.69) is 22.0 Å². The van der Waals surface area contributed by atoms with Crippen LogP contribution >= 0.6 is 0 Å². The van der Waals surface area contributed by atoms with Crippen molar-refractivity contribution >= 4 is 5.82 Å². The van der Waals surface area contributed by atoms with Gasteiger partial charge in [0.1, 0.15) is 5.82 Å². The Balaban J connectivity index is 1.79. The number of hydrogen-bond donors (Lipinski definition) is 1. The second-order valence-corrected chi connectivity index (χ2v) is 4.84. The van der Waals surface area contributed by atoms with Crippen LogP contribution in [0.15, 0.2) is 18.2 Å². The molecule has 0 bridgehead atoms. The van der Waals surface area contributed by atoms with Crippen molar-refractivity contribution in [2.45, 2.75) is 32.3 Å².